The summed E-state index contributed by atoms with van der Waals surface area (Å²) in [5, 5.41) is 2.76. The van der Waals surface area contributed by atoms with Crippen molar-refractivity contribution in [1.82, 2.24) is 14.8 Å². The molecule has 2 aliphatic rings. The normalized spacial score (nSPS) is 15.6. The van der Waals surface area contributed by atoms with Crippen molar-refractivity contribution in [1.29, 1.82) is 0 Å². The average Bonchev–Trinajstić information content (AvgIpc) is 2.78. The third-order valence-electron chi connectivity index (χ3n) is 4.79. The lowest BCUT2D eigenvalue weighted by Crippen LogP contribution is -2.48. The number of carbonyl (C=O) groups is 3. The van der Waals surface area contributed by atoms with E-state index in [2.05, 4.69) is 10.3 Å². The number of piperazine rings is 1. The Balaban J connectivity index is 1.45. The molecule has 2 aromatic rings. The first-order chi connectivity index (χ1) is 14.1. The highest BCUT2D eigenvalue weighted by Gasteiger charge is 2.22. The van der Waals surface area contributed by atoms with Crippen LogP contribution in [0.15, 0.2) is 36.5 Å². The molecule has 9 heteroatoms. The molecule has 0 radical (unpaired) electrons. The van der Waals surface area contributed by atoms with Gasteiger partial charge in [-0.3, -0.25) is 19.4 Å². The molecule has 1 fully saturated rings. The van der Waals surface area contributed by atoms with Crippen LogP contribution in [0.4, 0.5) is 5.69 Å². The van der Waals surface area contributed by atoms with E-state index in [0.29, 0.717) is 62.1 Å². The van der Waals surface area contributed by atoms with E-state index in [1.165, 1.54) is 12.3 Å². The molecule has 4 rings (SSSR count). The minimum absolute atomic E-state index is 0.136. The number of nitrogens with zero attached hydrogens (tertiary/aromatic N) is 3. The average molecular weight is 396 g/mol. The van der Waals surface area contributed by atoms with E-state index in [1.807, 2.05) is 0 Å². The fourth-order valence-electron chi connectivity index (χ4n) is 3.22. The number of ether oxygens (including phenoxy) is 2. The van der Waals surface area contributed by atoms with Crippen molar-refractivity contribution in [3.63, 3.8) is 0 Å². The Morgan fingerprint density at radius 3 is 2.52 bits per heavy atom. The summed E-state index contributed by atoms with van der Waals surface area (Å²) < 4.78 is 11.0. The van der Waals surface area contributed by atoms with Crippen molar-refractivity contribution in [2.45, 2.75) is 0 Å². The zero-order chi connectivity index (χ0) is 20.2. The van der Waals surface area contributed by atoms with E-state index in [4.69, 9.17) is 9.47 Å². The summed E-state index contributed by atoms with van der Waals surface area (Å²) in [7, 11) is 0. The molecular weight excluding hydrogens is 376 g/mol. The molecule has 0 spiro atoms. The molecule has 0 atom stereocenters. The summed E-state index contributed by atoms with van der Waals surface area (Å²) in [6, 6.07) is 8.19. The first kappa shape index (κ1) is 18.7. The highest BCUT2D eigenvalue weighted by atomic mass is 16.6. The first-order valence-electron chi connectivity index (χ1n) is 9.30. The fourth-order valence-corrected chi connectivity index (χ4v) is 3.22. The van der Waals surface area contributed by atoms with Crippen LogP contribution in [0.3, 0.4) is 0 Å². The highest BCUT2D eigenvalue weighted by molar-refractivity contribution is 6.05. The summed E-state index contributed by atoms with van der Waals surface area (Å²) in [4.78, 5) is 43.5. The van der Waals surface area contributed by atoms with Crippen molar-refractivity contribution >= 4 is 23.9 Å². The van der Waals surface area contributed by atoms with Crippen LogP contribution in [0.5, 0.6) is 11.5 Å². The SMILES string of the molecule is O=CN1CCN(C(=O)c2ccnc(C(=O)Nc3ccc4c(c3)OCCO4)c2)CC1. The van der Waals surface area contributed by atoms with Gasteiger partial charge in [-0.05, 0) is 24.3 Å². The molecule has 9 nitrogen and oxygen atoms in total. The van der Waals surface area contributed by atoms with Gasteiger partial charge in [-0.25, -0.2) is 0 Å². The van der Waals surface area contributed by atoms with Crippen LogP contribution in [0, 0.1) is 0 Å². The topological polar surface area (TPSA) is 101 Å². The Morgan fingerprint density at radius 1 is 1.00 bits per heavy atom. The van der Waals surface area contributed by atoms with Gasteiger partial charge in [-0.1, -0.05) is 0 Å². The van der Waals surface area contributed by atoms with Crippen LogP contribution >= 0.6 is 0 Å². The molecule has 0 bridgehead atoms. The number of aromatic nitrogens is 1. The lowest BCUT2D eigenvalue weighted by atomic mass is 10.1. The first-order valence-corrected chi connectivity index (χ1v) is 9.30. The summed E-state index contributed by atoms with van der Waals surface area (Å²) in [5.41, 5.74) is 1.06. The maximum atomic E-state index is 12.7. The third-order valence-corrected chi connectivity index (χ3v) is 4.79. The molecule has 0 aliphatic carbocycles. The molecule has 29 heavy (non-hydrogen) atoms. The van der Waals surface area contributed by atoms with Gasteiger partial charge in [0.1, 0.15) is 18.9 Å². The van der Waals surface area contributed by atoms with Gasteiger partial charge in [-0.15, -0.1) is 0 Å². The van der Waals surface area contributed by atoms with Crippen LogP contribution in [0.1, 0.15) is 20.8 Å². The van der Waals surface area contributed by atoms with Crippen LogP contribution in [-0.4, -0.2) is 72.4 Å². The molecule has 1 N–H and O–H groups in total. The molecule has 1 aromatic carbocycles. The van der Waals surface area contributed by atoms with E-state index in [1.54, 1.807) is 34.1 Å². The smallest absolute Gasteiger partial charge is 0.274 e. The quantitative estimate of drug-likeness (QED) is 0.775. The van der Waals surface area contributed by atoms with E-state index in [-0.39, 0.29) is 11.6 Å². The Morgan fingerprint density at radius 2 is 1.76 bits per heavy atom. The van der Waals surface area contributed by atoms with Crippen LogP contribution in [0.2, 0.25) is 0 Å². The van der Waals surface area contributed by atoms with E-state index >= 15 is 0 Å². The molecule has 3 heterocycles. The third kappa shape index (κ3) is 4.13. The second kappa shape index (κ2) is 8.17. The minimum atomic E-state index is -0.429. The molecular formula is C20H20N4O5. The fraction of sp³-hybridized carbons (Fsp3) is 0.300. The monoisotopic (exact) mass is 396 g/mol. The minimum Gasteiger partial charge on any atom is -0.486 e. The van der Waals surface area contributed by atoms with Crippen LogP contribution < -0.4 is 14.8 Å². The number of amides is 3. The largest absolute Gasteiger partial charge is 0.486 e. The van der Waals surface area contributed by atoms with E-state index in [0.717, 1.165) is 6.41 Å². The standard InChI is InChI=1S/C20H20N4O5/c25-13-23-5-7-24(8-6-23)20(27)14-3-4-21-16(11-14)19(26)22-15-1-2-17-18(12-15)29-10-9-28-17/h1-4,11-13H,5-10H2,(H,22,26). The number of carbonyl (C=O) groups excluding carboxylic acids is 3. The van der Waals surface area contributed by atoms with Crippen molar-refractivity contribution < 1.29 is 23.9 Å². The number of anilines is 1. The van der Waals surface area contributed by atoms with Gasteiger partial charge in [0.15, 0.2) is 11.5 Å². The van der Waals surface area contributed by atoms with Gasteiger partial charge < -0.3 is 24.6 Å². The number of benzene rings is 1. The Labute approximate surface area is 167 Å². The van der Waals surface area contributed by atoms with E-state index in [9.17, 15) is 14.4 Å². The Hall–Kier alpha value is -3.62. The number of nitrogens with one attached hydrogen (secondary N) is 1. The van der Waals surface area contributed by atoms with Crippen molar-refractivity contribution in [3.05, 3.63) is 47.8 Å². The number of pyridine rings is 1. The van der Waals surface area contributed by atoms with Gasteiger partial charge in [0.25, 0.3) is 11.8 Å². The van der Waals surface area contributed by atoms with Gasteiger partial charge in [0.05, 0.1) is 0 Å². The maximum Gasteiger partial charge on any atom is 0.274 e. The van der Waals surface area contributed by atoms with Crippen molar-refractivity contribution in [3.8, 4) is 11.5 Å². The molecule has 1 aromatic heterocycles. The second-order valence-electron chi connectivity index (χ2n) is 6.68. The van der Waals surface area contributed by atoms with Crippen LogP contribution in [-0.2, 0) is 4.79 Å². The number of rotatable bonds is 4. The zero-order valence-electron chi connectivity index (χ0n) is 15.7. The maximum absolute atomic E-state index is 12.7. The number of hydrogen-bond donors (Lipinski definition) is 1. The summed E-state index contributed by atoms with van der Waals surface area (Å²) >= 11 is 0. The molecule has 2 aliphatic heterocycles. The second-order valence-corrected chi connectivity index (χ2v) is 6.68. The van der Waals surface area contributed by atoms with Gasteiger partial charge in [-0.2, -0.15) is 0 Å². The Kier molecular flexibility index (Phi) is 5.28. The molecule has 0 unspecified atom stereocenters. The van der Waals surface area contributed by atoms with E-state index < -0.39 is 5.91 Å². The lowest BCUT2D eigenvalue weighted by molar-refractivity contribution is -0.119. The zero-order valence-corrected chi connectivity index (χ0v) is 15.7. The number of fused-ring (bicyclic) bond motifs is 1. The van der Waals surface area contributed by atoms with Crippen LogP contribution in [0.25, 0.3) is 0 Å². The summed E-state index contributed by atoms with van der Waals surface area (Å²) in [6.45, 7) is 2.86. The molecule has 1 saturated heterocycles. The van der Waals surface area contributed by atoms with Crippen molar-refractivity contribution in [2.24, 2.45) is 0 Å². The van der Waals surface area contributed by atoms with Gasteiger partial charge in [0, 0.05) is 49.7 Å². The molecule has 150 valence electrons. The summed E-state index contributed by atoms with van der Waals surface area (Å²) in [6.07, 6.45) is 2.22. The predicted molar refractivity (Wildman–Crippen MR) is 103 cm³/mol. The van der Waals surface area contributed by atoms with Gasteiger partial charge in [0.2, 0.25) is 6.41 Å². The summed E-state index contributed by atoms with van der Waals surface area (Å²) in [5.74, 6) is 0.587. The highest BCUT2D eigenvalue weighted by Crippen LogP contribution is 2.32. The lowest BCUT2D eigenvalue weighted by Gasteiger charge is -2.32. The molecule has 0 saturated carbocycles. The van der Waals surface area contributed by atoms with Crippen molar-refractivity contribution in [2.75, 3.05) is 44.7 Å². The predicted octanol–water partition coefficient (Wildman–Crippen LogP) is 1.02. The number of hydrogen-bond acceptors (Lipinski definition) is 6. The van der Waals surface area contributed by atoms with Gasteiger partial charge >= 0.3 is 0 Å². The molecule has 3 amide bonds. The Bertz CT molecular complexity index is 940.